The molecule has 0 radical (unpaired) electrons. The number of ether oxygens (including phenoxy) is 1. The van der Waals surface area contributed by atoms with Gasteiger partial charge in [-0.25, -0.2) is 0 Å². The van der Waals surface area contributed by atoms with Crippen LogP contribution in [0.25, 0.3) is 0 Å². The molecule has 1 rings (SSSR count). The van der Waals surface area contributed by atoms with Crippen LogP contribution >= 0.6 is 0 Å². The zero-order valence-electron chi connectivity index (χ0n) is 5.81. The Morgan fingerprint density at radius 1 is 1.56 bits per heavy atom. The van der Waals surface area contributed by atoms with Gasteiger partial charge in [0.05, 0.1) is 6.10 Å². The fourth-order valence-electron chi connectivity index (χ4n) is 0.757. The van der Waals surface area contributed by atoms with Crippen LogP contribution in [0.3, 0.4) is 0 Å². The van der Waals surface area contributed by atoms with Gasteiger partial charge in [0.1, 0.15) is 0 Å². The van der Waals surface area contributed by atoms with E-state index in [4.69, 9.17) is 4.74 Å². The third-order valence-corrected chi connectivity index (χ3v) is 1.42. The molecule has 0 aromatic carbocycles. The van der Waals surface area contributed by atoms with E-state index in [1.54, 1.807) is 0 Å². The summed E-state index contributed by atoms with van der Waals surface area (Å²) in [5, 5.41) is 0. The minimum Gasteiger partial charge on any atom is -0.377 e. The summed E-state index contributed by atoms with van der Waals surface area (Å²) in [5.41, 5.74) is 0. The lowest BCUT2D eigenvalue weighted by Crippen LogP contribution is -2.25. The van der Waals surface area contributed by atoms with E-state index in [1.165, 1.54) is 6.42 Å². The van der Waals surface area contributed by atoms with Crippen LogP contribution in [0.5, 0.6) is 0 Å². The SMILES string of the molecule is CCC#CCC1CCO1. The highest BCUT2D eigenvalue weighted by Gasteiger charge is 2.15. The predicted molar refractivity (Wildman–Crippen MR) is 37.0 cm³/mol. The molecule has 50 valence electrons. The van der Waals surface area contributed by atoms with Crippen LogP contribution in [0.2, 0.25) is 0 Å². The molecule has 1 aliphatic rings. The molecule has 0 aliphatic carbocycles. The molecule has 1 aliphatic heterocycles. The third kappa shape index (κ3) is 2.07. The Morgan fingerprint density at radius 2 is 2.33 bits per heavy atom. The van der Waals surface area contributed by atoms with E-state index >= 15 is 0 Å². The van der Waals surface area contributed by atoms with Crippen LogP contribution in [0.4, 0.5) is 0 Å². The van der Waals surface area contributed by atoms with Gasteiger partial charge in [-0.05, 0) is 6.42 Å². The van der Waals surface area contributed by atoms with E-state index in [1.807, 2.05) is 0 Å². The highest BCUT2D eigenvalue weighted by atomic mass is 16.5. The van der Waals surface area contributed by atoms with Gasteiger partial charge in [0, 0.05) is 19.4 Å². The molecule has 0 aromatic heterocycles. The van der Waals surface area contributed by atoms with Gasteiger partial charge >= 0.3 is 0 Å². The zero-order valence-corrected chi connectivity index (χ0v) is 5.81. The first-order valence-electron chi connectivity index (χ1n) is 3.51. The van der Waals surface area contributed by atoms with E-state index in [9.17, 15) is 0 Å². The van der Waals surface area contributed by atoms with E-state index in [-0.39, 0.29) is 0 Å². The first kappa shape index (κ1) is 6.64. The number of hydrogen-bond acceptors (Lipinski definition) is 1. The highest BCUT2D eigenvalue weighted by Crippen LogP contribution is 2.13. The highest BCUT2D eigenvalue weighted by molar-refractivity contribution is 5.00. The van der Waals surface area contributed by atoms with Crippen LogP contribution in [0.1, 0.15) is 26.2 Å². The largest absolute Gasteiger partial charge is 0.377 e. The topological polar surface area (TPSA) is 9.23 Å². The Morgan fingerprint density at radius 3 is 2.78 bits per heavy atom. The summed E-state index contributed by atoms with van der Waals surface area (Å²) >= 11 is 0. The first-order chi connectivity index (χ1) is 4.43. The Kier molecular flexibility index (Phi) is 2.60. The van der Waals surface area contributed by atoms with Crippen LogP contribution in [0.15, 0.2) is 0 Å². The molecule has 0 amide bonds. The molecule has 0 N–H and O–H groups in total. The number of rotatable bonds is 1. The second-order valence-electron chi connectivity index (χ2n) is 2.19. The summed E-state index contributed by atoms with van der Waals surface area (Å²) in [7, 11) is 0. The van der Waals surface area contributed by atoms with Crippen molar-refractivity contribution in [2.75, 3.05) is 6.61 Å². The molecule has 1 unspecified atom stereocenters. The second-order valence-corrected chi connectivity index (χ2v) is 2.19. The third-order valence-electron chi connectivity index (χ3n) is 1.42. The van der Waals surface area contributed by atoms with Gasteiger partial charge in [-0.3, -0.25) is 0 Å². The molecule has 0 bridgehead atoms. The van der Waals surface area contributed by atoms with E-state index < -0.39 is 0 Å². The van der Waals surface area contributed by atoms with Crippen molar-refractivity contribution in [2.24, 2.45) is 0 Å². The molecule has 1 heterocycles. The molecule has 0 aromatic rings. The maximum atomic E-state index is 5.17. The van der Waals surface area contributed by atoms with Gasteiger partial charge < -0.3 is 4.74 Å². The van der Waals surface area contributed by atoms with Gasteiger partial charge in [0.25, 0.3) is 0 Å². The fourth-order valence-corrected chi connectivity index (χ4v) is 0.757. The molecule has 1 nitrogen and oxygen atoms in total. The average molecular weight is 124 g/mol. The summed E-state index contributed by atoms with van der Waals surface area (Å²) in [6.45, 7) is 3.01. The van der Waals surface area contributed by atoms with Crippen molar-refractivity contribution in [2.45, 2.75) is 32.3 Å². The van der Waals surface area contributed by atoms with Crippen molar-refractivity contribution in [3.63, 3.8) is 0 Å². The average Bonchev–Trinajstić information content (AvgIpc) is 1.76. The van der Waals surface area contributed by atoms with Gasteiger partial charge in [-0.1, -0.05) is 6.92 Å². The van der Waals surface area contributed by atoms with Crippen LogP contribution in [-0.4, -0.2) is 12.7 Å². The smallest absolute Gasteiger partial charge is 0.0706 e. The predicted octanol–water partition coefficient (Wildman–Crippen LogP) is 1.58. The van der Waals surface area contributed by atoms with Gasteiger partial charge in [-0.15, -0.1) is 11.8 Å². The maximum Gasteiger partial charge on any atom is 0.0706 e. The molecule has 1 heteroatoms. The Bertz CT molecular complexity index is 125. The van der Waals surface area contributed by atoms with Crippen LogP contribution < -0.4 is 0 Å². The Labute approximate surface area is 56.4 Å². The lowest BCUT2D eigenvalue weighted by atomic mass is 10.1. The lowest BCUT2D eigenvalue weighted by molar-refractivity contribution is -0.0463. The molecule has 1 fully saturated rings. The first-order valence-corrected chi connectivity index (χ1v) is 3.51. The van der Waals surface area contributed by atoms with E-state index in [0.717, 1.165) is 19.4 Å². The van der Waals surface area contributed by atoms with Gasteiger partial charge in [0.2, 0.25) is 0 Å². The van der Waals surface area contributed by atoms with Crippen molar-refractivity contribution < 1.29 is 4.74 Å². The lowest BCUT2D eigenvalue weighted by Gasteiger charge is -2.23. The van der Waals surface area contributed by atoms with Crippen molar-refractivity contribution in [3.8, 4) is 11.8 Å². The van der Waals surface area contributed by atoms with E-state index in [2.05, 4.69) is 18.8 Å². The van der Waals surface area contributed by atoms with Crippen molar-refractivity contribution >= 4 is 0 Å². The molecular formula is C8H12O. The van der Waals surface area contributed by atoms with Crippen molar-refractivity contribution in [3.05, 3.63) is 0 Å². The zero-order chi connectivity index (χ0) is 6.53. The van der Waals surface area contributed by atoms with Crippen molar-refractivity contribution in [1.82, 2.24) is 0 Å². The fraction of sp³-hybridized carbons (Fsp3) is 0.750. The monoisotopic (exact) mass is 124 g/mol. The van der Waals surface area contributed by atoms with Gasteiger partial charge in [-0.2, -0.15) is 0 Å². The summed E-state index contributed by atoms with van der Waals surface area (Å²) in [6, 6.07) is 0. The summed E-state index contributed by atoms with van der Waals surface area (Å²) in [5.74, 6) is 6.08. The summed E-state index contributed by atoms with van der Waals surface area (Å²) in [6.07, 6.45) is 3.57. The molecule has 0 saturated carbocycles. The summed E-state index contributed by atoms with van der Waals surface area (Å²) in [4.78, 5) is 0. The van der Waals surface area contributed by atoms with Gasteiger partial charge in [0.15, 0.2) is 0 Å². The normalized spacial score (nSPS) is 23.9. The minimum absolute atomic E-state index is 0.462. The maximum absolute atomic E-state index is 5.17. The van der Waals surface area contributed by atoms with E-state index in [0.29, 0.717) is 6.10 Å². The molecule has 1 saturated heterocycles. The Balaban J connectivity index is 2.03. The molecule has 0 spiro atoms. The molecule has 1 atom stereocenters. The summed E-state index contributed by atoms with van der Waals surface area (Å²) < 4.78 is 5.17. The minimum atomic E-state index is 0.462. The van der Waals surface area contributed by atoms with Crippen LogP contribution in [-0.2, 0) is 4.74 Å². The molecular weight excluding hydrogens is 112 g/mol. The Hall–Kier alpha value is -0.480. The van der Waals surface area contributed by atoms with Crippen molar-refractivity contribution in [1.29, 1.82) is 0 Å². The standard InChI is InChI=1S/C8H12O/c1-2-3-4-5-8-6-7-9-8/h8H,2,5-7H2,1H3. The second kappa shape index (κ2) is 3.53. The quantitative estimate of drug-likeness (QED) is 0.482. The number of hydrogen-bond donors (Lipinski definition) is 0. The van der Waals surface area contributed by atoms with Crippen LogP contribution in [0, 0.1) is 11.8 Å². The molecule has 9 heavy (non-hydrogen) atoms.